The monoisotopic (exact) mass is 406 g/mol. The number of anilines is 2. The highest BCUT2D eigenvalue weighted by Gasteiger charge is 2.05. The van der Waals surface area contributed by atoms with Crippen molar-refractivity contribution < 1.29 is 4.74 Å². The standard InChI is InChI=1S/C18H16Cl2N4OS/c1-25-15-4-2-3-12(7-15)10-24-11-14(9-21-24)23-18(26)22-13-5-6-16(19)17(20)8-13/h2-9,11H,10H2,1H3,(H2,22,23,26). The highest BCUT2D eigenvalue weighted by atomic mass is 35.5. The number of ether oxygens (including phenoxy) is 1. The zero-order chi connectivity index (χ0) is 18.5. The zero-order valence-electron chi connectivity index (χ0n) is 13.9. The number of nitrogens with one attached hydrogen (secondary N) is 2. The highest BCUT2D eigenvalue weighted by Crippen LogP contribution is 2.25. The zero-order valence-corrected chi connectivity index (χ0v) is 16.2. The summed E-state index contributed by atoms with van der Waals surface area (Å²) in [7, 11) is 1.65. The molecule has 0 aliphatic carbocycles. The van der Waals surface area contributed by atoms with Crippen LogP contribution in [0.25, 0.3) is 0 Å². The number of hydrogen-bond acceptors (Lipinski definition) is 3. The summed E-state index contributed by atoms with van der Waals surface area (Å²) >= 11 is 17.2. The number of methoxy groups -OCH3 is 1. The Balaban J connectivity index is 1.60. The van der Waals surface area contributed by atoms with Crippen molar-refractivity contribution in [3.05, 3.63) is 70.5 Å². The van der Waals surface area contributed by atoms with Gasteiger partial charge in [-0.1, -0.05) is 35.3 Å². The van der Waals surface area contributed by atoms with Crippen LogP contribution in [0.3, 0.4) is 0 Å². The molecule has 5 nitrogen and oxygen atoms in total. The fourth-order valence-electron chi connectivity index (χ4n) is 2.34. The number of aromatic nitrogens is 2. The van der Waals surface area contributed by atoms with E-state index in [1.54, 1.807) is 31.5 Å². The molecule has 0 atom stereocenters. The summed E-state index contributed by atoms with van der Waals surface area (Å²) < 4.78 is 7.06. The molecule has 0 spiro atoms. The van der Waals surface area contributed by atoms with E-state index in [1.807, 2.05) is 35.1 Å². The smallest absolute Gasteiger partial charge is 0.175 e. The molecule has 0 aliphatic rings. The molecular weight excluding hydrogens is 391 g/mol. The van der Waals surface area contributed by atoms with Crippen LogP contribution in [0.4, 0.5) is 11.4 Å². The number of hydrogen-bond donors (Lipinski definition) is 2. The molecule has 26 heavy (non-hydrogen) atoms. The molecule has 3 aromatic rings. The molecule has 1 heterocycles. The van der Waals surface area contributed by atoms with Gasteiger partial charge in [-0.15, -0.1) is 0 Å². The lowest BCUT2D eigenvalue weighted by Gasteiger charge is -2.09. The first-order valence-corrected chi connectivity index (χ1v) is 8.88. The van der Waals surface area contributed by atoms with Crippen LogP contribution < -0.4 is 15.4 Å². The van der Waals surface area contributed by atoms with Gasteiger partial charge in [-0.2, -0.15) is 5.10 Å². The van der Waals surface area contributed by atoms with Gasteiger partial charge in [0, 0.05) is 11.9 Å². The lowest BCUT2D eigenvalue weighted by Crippen LogP contribution is -2.18. The summed E-state index contributed by atoms with van der Waals surface area (Å²) in [6.07, 6.45) is 3.59. The number of benzene rings is 2. The SMILES string of the molecule is COc1cccc(Cn2cc(NC(=S)Nc3ccc(Cl)c(Cl)c3)cn2)c1. The van der Waals surface area contributed by atoms with Crippen molar-refractivity contribution >= 4 is 51.9 Å². The Labute approximate surface area is 166 Å². The number of halogens is 2. The number of thiocarbonyl (C=S) groups is 1. The second-order valence-corrected chi connectivity index (χ2v) is 6.71. The first-order chi connectivity index (χ1) is 12.5. The molecule has 2 aromatic carbocycles. The van der Waals surface area contributed by atoms with Gasteiger partial charge in [0.1, 0.15) is 5.75 Å². The van der Waals surface area contributed by atoms with E-state index >= 15 is 0 Å². The second-order valence-electron chi connectivity index (χ2n) is 5.49. The molecule has 0 radical (unpaired) electrons. The minimum atomic E-state index is 0.435. The third kappa shape index (κ3) is 4.88. The Morgan fingerprint density at radius 2 is 1.92 bits per heavy atom. The largest absolute Gasteiger partial charge is 0.497 e. The van der Waals surface area contributed by atoms with E-state index in [-0.39, 0.29) is 0 Å². The van der Waals surface area contributed by atoms with Crippen LogP contribution in [0.15, 0.2) is 54.9 Å². The first kappa shape index (κ1) is 18.5. The topological polar surface area (TPSA) is 51.1 Å². The van der Waals surface area contributed by atoms with Gasteiger partial charge in [0.05, 0.1) is 35.6 Å². The van der Waals surface area contributed by atoms with Crippen molar-refractivity contribution in [1.29, 1.82) is 0 Å². The van der Waals surface area contributed by atoms with Crippen LogP contribution in [0.5, 0.6) is 5.75 Å². The first-order valence-electron chi connectivity index (χ1n) is 7.72. The summed E-state index contributed by atoms with van der Waals surface area (Å²) in [6, 6.07) is 13.1. The van der Waals surface area contributed by atoms with Crippen LogP contribution >= 0.6 is 35.4 Å². The Bertz CT molecular complexity index is 929. The van der Waals surface area contributed by atoms with E-state index in [0.29, 0.717) is 21.7 Å². The number of rotatable bonds is 5. The Hall–Kier alpha value is -2.28. The molecule has 0 unspecified atom stereocenters. The third-order valence-corrected chi connectivity index (χ3v) is 4.49. The van der Waals surface area contributed by atoms with Crippen molar-refractivity contribution in [2.45, 2.75) is 6.54 Å². The van der Waals surface area contributed by atoms with Gasteiger partial charge in [0.25, 0.3) is 0 Å². The average Bonchev–Trinajstić information content (AvgIpc) is 3.05. The summed E-state index contributed by atoms with van der Waals surface area (Å²) in [4.78, 5) is 0. The van der Waals surface area contributed by atoms with Crippen LogP contribution in [0.1, 0.15) is 5.56 Å². The maximum absolute atomic E-state index is 6.00. The molecule has 0 amide bonds. The van der Waals surface area contributed by atoms with Crippen molar-refractivity contribution in [2.24, 2.45) is 0 Å². The lowest BCUT2D eigenvalue weighted by molar-refractivity contribution is 0.414. The summed E-state index contributed by atoms with van der Waals surface area (Å²) in [5.74, 6) is 0.819. The van der Waals surface area contributed by atoms with Gasteiger partial charge in [0.2, 0.25) is 0 Å². The summed E-state index contributed by atoms with van der Waals surface area (Å²) in [6.45, 7) is 0.631. The van der Waals surface area contributed by atoms with E-state index in [1.165, 1.54) is 0 Å². The Kier molecular flexibility index (Phi) is 5.98. The molecule has 0 bridgehead atoms. The van der Waals surface area contributed by atoms with Gasteiger partial charge in [-0.3, -0.25) is 4.68 Å². The molecule has 0 aliphatic heterocycles. The molecule has 0 saturated carbocycles. The summed E-state index contributed by atoms with van der Waals surface area (Å²) in [5.41, 5.74) is 2.63. The van der Waals surface area contributed by atoms with Gasteiger partial charge < -0.3 is 15.4 Å². The molecule has 2 N–H and O–H groups in total. The maximum atomic E-state index is 6.00. The Morgan fingerprint density at radius 3 is 2.69 bits per heavy atom. The molecule has 0 fully saturated rings. The average molecular weight is 407 g/mol. The van der Waals surface area contributed by atoms with E-state index < -0.39 is 0 Å². The van der Waals surface area contributed by atoms with Gasteiger partial charge >= 0.3 is 0 Å². The lowest BCUT2D eigenvalue weighted by atomic mass is 10.2. The fraction of sp³-hybridized carbons (Fsp3) is 0.111. The predicted molar refractivity (Wildman–Crippen MR) is 111 cm³/mol. The van der Waals surface area contributed by atoms with Crippen LogP contribution in [-0.4, -0.2) is 22.0 Å². The molecule has 3 rings (SSSR count). The number of nitrogens with zero attached hydrogens (tertiary/aromatic N) is 2. The van der Waals surface area contributed by atoms with Crippen molar-refractivity contribution in [3.63, 3.8) is 0 Å². The molecule has 0 saturated heterocycles. The predicted octanol–water partition coefficient (Wildman–Crippen LogP) is 5.06. The minimum absolute atomic E-state index is 0.435. The van der Waals surface area contributed by atoms with Crippen molar-refractivity contribution in [3.8, 4) is 5.75 Å². The minimum Gasteiger partial charge on any atom is -0.497 e. The van der Waals surface area contributed by atoms with E-state index in [0.717, 1.165) is 22.7 Å². The highest BCUT2D eigenvalue weighted by molar-refractivity contribution is 7.80. The van der Waals surface area contributed by atoms with E-state index in [9.17, 15) is 0 Å². The van der Waals surface area contributed by atoms with Gasteiger partial charge in [-0.05, 0) is 48.1 Å². The van der Waals surface area contributed by atoms with Crippen LogP contribution in [0, 0.1) is 0 Å². The normalized spacial score (nSPS) is 10.4. The van der Waals surface area contributed by atoms with Gasteiger partial charge in [-0.25, -0.2) is 0 Å². The van der Waals surface area contributed by atoms with E-state index in [4.69, 9.17) is 40.2 Å². The van der Waals surface area contributed by atoms with Crippen LogP contribution in [0.2, 0.25) is 10.0 Å². The third-order valence-electron chi connectivity index (χ3n) is 3.55. The van der Waals surface area contributed by atoms with Gasteiger partial charge in [0.15, 0.2) is 5.11 Å². The molecule has 8 heteroatoms. The molecule has 134 valence electrons. The second kappa shape index (κ2) is 8.40. The van der Waals surface area contributed by atoms with Crippen LogP contribution in [-0.2, 0) is 6.54 Å². The maximum Gasteiger partial charge on any atom is 0.175 e. The van der Waals surface area contributed by atoms with Crippen molar-refractivity contribution in [1.82, 2.24) is 9.78 Å². The van der Waals surface area contributed by atoms with E-state index in [2.05, 4.69) is 15.7 Å². The molecular formula is C18H16Cl2N4OS. The quantitative estimate of drug-likeness (QED) is 0.580. The summed E-state index contributed by atoms with van der Waals surface area (Å²) in [5, 5.41) is 11.9. The fourth-order valence-corrected chi connectivity index (χ4v) is 2.87. The molecule has 1 aromatic heterocycles. The Morgan fingerprint density at radius 1 is 1.12 bits per heavy atom. The van der Waals surface area contributed by atoms with Crippen molar-refractivity contribution in [2.75, 3.05) is 17.7 Å².